The van der Waals surface area contributed by atoms with Crippen molar-refractivity contribution in [3.63, 3.8) is 0 Å². The zero-order valence-electron chi connectivity index (χ0n) is 13.2. The highest BCUT2D eigenvalue weighted by atomic mass is 16.2. The lowest BCUT2D eigenvalue weighted by Gasteiger charge is -2.12. The second kappa shape index (κ2) is 6.52. The van der Waals surface area contributed by atoms with Crippen LogP contribution in [-0.2, 0) is 11.3 Å². The van der Waals surface area contributed by atoms with Gasteiger partial charge in [-0.3, -0.25) is 14.8 Å². The van der Waals surface area contributed by atoms with Crippen molar-refractivity contribution >= 4 is 23.5 Å². The molecule has 2 aromatic rings. The molecule has 0 N–H and O–H groups in total. The van der Waals surface area contributed by atoms with Crippen LogP contribution < -0.4 is 5.01 Å². The number of hydrogen-bond acceptors (Lipinski definition) is 4. The van der Waals surface area contributed by atoms with Gasteiger partial charge in [0, 0.05) is 18.6 Å². The maximum atomic E-state index is 12.6. The largest absolute Gasteiger partial charge is 0.292 e. The van der Waals surface area contributed by atoms with E-state index in [9.17, 15) is 4.79 Å². The van der Waals surface area contributed by atoms with Crippen LogP contribution in [0.25, 0.3) is 0 Å². The Bertz CT molecular complexity index is 750. The van der Waals surface area contributed by atoms with Crippen LogP contribution in [0.4, 0.5) is 5.69 Å². The first-order valence-corrected chi connectivity index (χ1v) is 7.50. The van der Waals surface area contributed by atoms with Gasteiger partial charge in [-0.25, -0.2) is 0 Å². The van der Waals surface area contributed by atoms with E-state index in [0.717, 1.165) is 22.5 Å². The van der Waals surface area contributed by atoms with E-state index in [1.807, 2.05) is 50.2 Å². The SMILES string of the molecule is CC1=NN(c2ccc(C)cc2)C(=O)[C@H]1C=NCc1ccncc1. The van der Waals surface area contributed by atoms with Crippen LogP contribution in [-0.4, -0.2) is 22.8 Å². The molecule has 1 amide bonds. The number of carbonyl (C=O) groups is 1. The number of carbonyl (C=O) groups excluding carboxylic acids is 1. The number of hydrogen-bond donors (Lipinski definition) is 0. The van der Waals surface area contributed by atoms with Crippen LogP contribution in [0.3, 0.4) is 0 Å². The molecule has 0 spiro atoms. The van der Waals surface area contributed by atoms with E-state index < -0.39 is 5.92 Å². The molecule has 1 atom stereocenters. The molecule has 1 aromatic heterocycles. The zero-order valence-corrected chi connectivity index (χ0v) is 13.2. The Labute approximate surface area is 135 Å². The average Bonchev–Trinajstić information content (AvgIpc) is 2.85. The first-order valence-electron chi connectivity index (χ1n) is 7.50. The fraction of sp³-hybridized carbons (Fsp3) is 0.222. The van der Waals surface area contributed by atoms with Crippen molar-refractivity contribution in [2.75, 3.05) is 5.01 Å². The number of anilines is 1. The van der Waals surface area contributed by atoms with Gasteiger partial charge in [0.25, 0.3) is 5.91 Å². The summed E-state index contributed by atoms with van der Waals surface area (Å²) in [6.07, 6.45) is 5.16. The predicted octanol–water partition coefficient (Wildman–Crippen LogP) is 3.00. The number of benzene rings is 1. The van der Waals surface area contributed by atoms with E-state index in [4.69, 9.17) is 0 Å². The Hall–Kier alpha value is -2.82. The minimum Gasteiger partial charge on any atom is -0.292 e. The van der Waals surface area contributed by atoms with Gasteiger partial charge < -0.3 is 0 Å². The summed E-state index contributed by atoms with van der Waals surface area (Å²) in [6, 6.07) is 11.6. The molecular formula is C18H18N4O. The summed E-state index contributed by atoms with van der Waals surface area (Å²) >= 11 is 0. The smallest absolute Gasteiger partial charge is 0.261 e. The Morgan fingerprint density at radius 3 is 2.52 bits per heavy atom. The summed E-state index contributed by atoms with van der Waals surface area (Å²) in [7, 11) is 0. The number of rotatable bonds is 4. The van der Waals surface area contributed by atoms with Crippen molar-refractivity contribution in [1.29, 1.82) is 0 Å². The fourth-order valence-electron chi connectivity index (χ4n) is 2.37. The molecule has 0 fully saturated rings. The zero-order chi connectivity index (χ0) is 16.2. The second-order valence-corrected chi connectivity index (χ2v) is 5.55. The van der Waals surface area contributed by atoms with Crippen molar-refractivity contribution in [2.24, 2.45) is 16.0 Å². The van der Waals surface area contributed by atoms with E-state index in [-0.39, 0.29) is 5.91 Å². The first-order chi connectivity index (χ1) is 11.1. The van der Waals surface area contributed by atoms with Gasteiger partial charge in [0.15, 0.2) is 0 Å². The normalized spacial score (nSPS) is 17.8. The van der Waals surface area contributed by atoms with Gasteiger partial charge in [-0.05, 0) is 43.7 Å². The lowest BCUT2D eigenvalue weighted by molar-refractivity contribution is -0.118. The summed E-state index contributed by atoms with van der Waals surface area (Å²) in [6.45, 7) is 4.40. The van der Waals surface area contributed by atoms with Crippen molar-refractivity contribution in [3.05, 3.63) is 59.9 Å². The maximum Gasteiger partial charge on any atom is 0.261 e. The molecule has 0 aliphatic carbocycles. The van der Waals surface area contributed by atoms with Crippen LogP contribution >= 0.6 is 0 Å². The maximum absolute atomic E-state index is 12.6. The molecular weight excluding hydrogens is 288 g/mol. The molecule has 23 heavy (non-hydrogen) atoms. The lowest BCUT2D eigenvalue weighted by Crippen LogP contribution is -2.27. The Kier molecular flexibility index (Phi) is 4.28. The molecule has 0 saturated carbocycles. The van der Waals surface area contributed by atoms with E-state index >= 15 is 0 Å². The average molecular weight is 306 g/mol. The molecule has 3 rings (SSSR count). The van der Waals surface area contributed by atoms with Crippen LogP contribution in [0.15, 0.2) is 58.9 Å². The monoisotopic (exact) mass is 306 g/mol. The van der Waals surface area contributed by atoms with Crippen molar-refractivity contribution in [3.8, 4) is 0 Å². The van der Waals surface area contributed by atoms with Gasteiger partial charge in [0.2, 0.25) is 0 Å². The van der Waals surface area contributed by atoms with Gasteiger partial charge in [-0.2, -0.15) is 10.1 Å². The molecule has 0 bridgehead atoms. The second-order valence-electron chi connectivity index (χ2n) is 5.55. The van der Waals surface area contributed by atoms with E-state index in [2.05, 4.69) is 15.1 Å². The van der Waals surface area contributed by atoms with Crippen LogP contribution in [0.1, 0.15) is 18.1 Å². The quantitative estimate of drug-likeness (QED) is 0.815. The minimum atomic E-state index is -0.391. The Morgan fingerprint density at radius 1 is 1.13 bits per heavy atom. The van der Waals surface area contributed by atoms with Gasteiger partial charge in [0.05, 0.1) is 17.9 Å². The number of aliphatic imine (C=N–C) groups is 1. The lowest BCUT2D eigenvalue weighted by atomic mass is 10.1. The number of hydrazone groups is 1. The molecule has 1 aromatic carbocycles. The summed E-state index contributed by atoms with van der Waals surface area (Å²) in [5.41, 5.74) is 3.75. The third kappa shape index (κ3) is 3.34. The van der Waals surface area contributed by atoms with E-state index in [1.165, 1.54) is 5.01 Å². The predicted molar refractivity (Wildman–Crippen MR) is 91.7 cm³/mol. The third-order valence-corrected chi connectivity index (χ3v) is 3.74. The number of aryl methyl sites for hydroxylation is 1. The van der Waals surface area contributed by atoms with Crippen LogP contribution in [0.2, 0.25) is 0 Å². The molecule has 0 saturated heterocycles. The highest BCUT2D eigenvalue weighted by molar-refractivity contribution is 6.23. The summed E-state index contributed by atoms with van der Waals surface area (Å²) in [5.74, 6) is -0.456. The van der Waals surface area contributed by atoms with Gasteiger partial charge in [-0.15, -0.1) is 0 Å². The molecule has 5 nitrogen and oxygen atoms in total. The molecule has 1 aliphatic heterocycles. The van der Waals surface area contributed by atoms with Crippen molar-refractivity contribution in [1.82, 2.24) is 4.98 Å². The summed E-state index contributed by atoms with van der Waals surface area (Å²) in [4.78, 5) is 20.9. The number of pyridine rings is 1. The third-order valence-electron chi connectivity index (χ3n) is 3.74. The van der Waals surface area contributed by atoms with Gasteiger partial charge in [0.1, 0.15) is 5.92 Å². The summed E-state index contributed by atoms with van der Waals surface area (Å²) in [5, 5.41) is 5.83. The molecule has 2 heterocycles. The van der Waals surface area contributed by atoms with Gasteiger partial charge in [-0.1, -0.05) is 17.7 Å². The molecule has 1 aliphatic rings. The van der Waals surface area contributed by atoms with Gasteiger partial charge >= 0.3 is 0 Å². The molecule has 116 valence electrons. The fourth-order valence-corrected chi connectivity index (χ4v) is 2.37. The minimum absolute atomic E-state index is 0.0650. The topological polar surface area (TPSA) is 57.9 Å². The Balaban J connectivity index is 1.71. The molecule has 0 radical (unpaired) electrons. The molecule has 5 heteroatoms. The van der Waals surface area contributed by atoms with Crippen LogP contribution in [0.5, 0.6) is 0 Å². The van der Waals surface area contributed by atoms with Crippen LogP contribution in [0, 0.1) is 12.8 Å². The Morgan fingerprint density at radius 2 is 1.83 bits per heavy atom. The molecule has 0 unspecified atom stereocenters. The standard InChI is InChI=1S/C18H18N4O/c1-13-3-5-16(6-4-13)22-18(23)17(14(2)21-22)12-20-11-15-7-9-19-10-8-15/h3-10,12,17H,11H2,1-2H3/t17-/m0/s1. The summed E-state index contributed by atoms with van der Waals surface area (Å²) < 4.78 is 0. The first kappa shape index (κ1) is 15.1. The number of amides is 1. The van der Waals surface area contributed by atoms with Crippen molar-refractivity contribution < 1.29 is 4.79 Å². The number of nitrogens with zero attached hydrogens (tertiary/aromatic N) is 4. The van der Waals surface area contributed by atoms with E-state index in [1.54, 1.807) is 18.6 Å². The van der Waals surface area contributed by atoms with E-state index in [0.29, 0.717) is 6.54 Å². The highest BCUT2D eigenvalue weighted by Crippen LogP contribution is 2.23. The highest BCUT2D eigenvalue weighted by Gasteiger charge is 2.32. The number of aromatic nitrogens is 1. The van der Waals surface area contributed by atoms with Crippen molar-refractivity contribution in [2.45, 2.75) is 20.4 Å².